The Morgan fingerprint density at radius 2 is 1.95 bits per heavy atom. The Bertz CT molecular complexity index is 515. The lowest BCUT2D eigenvalue weighted by Gasteiger charge is -2.17. The van der Waals surface area contributed by atoms with Crippen LogP contribution in [-0.2, 0) is 10.0 Å². The normalized spacial score (nSPS) is 11.8. The maximum Gasteiger partial charge on any atom is 0.240 e. The summed E-state index contributed by atoms with van der Waals surface area (Å²) < 4.78 is 27.0. The zero-order chi connectivity index (χ0) is 15.7. The van der Waals surface area contributed by atoms with Crippen LogP contribution in [0.3, 0.4) is 0 Å². The Morgan fingerprint density at radius 1 is 1.24 bits per heavy atom. The largest absolute Gasteiger partial charge is 0.370 e. The van der Waals surface area contributed by atoms with Crippen molar-refractivity contribution in [1.29, 1.82) is 0 Å². The van der Waals surface area contributed by atoms with Crippen LogP contribution in [0.4, 0.5) is 5.82 Å². The molecule has 6 nitrogen and oxygen atoms in total. The molecule has 0 spiro atoms. The molecule has 0 aliphatic rings. The van der Waals surface area contributed by atoms with E-state index in [2.05, 4.69) is 33.8 Å². The van der Waals surface area contributed by atoms with Crippen molar-refractivity contribution in [1.82, 2.24) is 14.6 Å². The van der Waals surface area contributed by atoms with Crippen molar-refractivity contribution in [3.8, 4) is 0 Å². The predicted molar refractivity (Wildman–Crippen MR) is 86.0 cm³/mol. The quantitative estimate of drug-likeness (QED) is 0.641. The summed E-state index contributed by atoms with van der Waals surface area (Å²) in [6.07, 6.45) is 2.30. The number of hydrogen-bond donors (Lipinski definition) is 2. The summed E-state index contributed by atoms with van der Waals surface area (Å²) in [5.41, 5.74) is 0. The molecular formula is C14H26N4O2S. The van der Waals surface area contributed by atoms with Crippen LogP contribution < -0.4 is 10.0 Å². The topological polar surface area (TPSA) is 74.3 Å². The van der Waals surface area contributed by atoms with E-state index in [-0.39, 0.29) is 4.90 Å². The van der Waals surface area contributed by atoms with Crippen LogP contribution in [0.1, 0.15) is 27.2 Å². The third kappa shape index (κ3) is 5.99. The predicted octanol–water partition coefficient (Wildman–Crippen LogP) is 1.52. The Morgan fingerprint density at radius 3 is 2.57 bits per heavy atom. The minimum atomic E-state index is -3.46. The SMILES string of the molecule is CCNc1cc(S(=O)(=O)NCCCN(CC)CC)ccn1. The maximum atomic E-state index is 12.2. The molecular weight excluding hydrogens is 288 g/mol. The van der Waals surface area contributed by atoms with Gasteiger partial charge in [-0.1, -0.05) is 13.8 Å². The van der Waals surface area contributed by atoms with Crippen LogP contribution in [0.2, 0.25) is 0 Å². The van der Waals surface area contributed by atoms with Gasteiger partial charge in [-0.3, -0.25) is 0 Å². The third-order valence-electron chi connectivity index (χ3n) is 3.24. The number of hydrogen-bond acceptors (Lipinski definition) is 5. The summed E-state index contributed by atoms with van der Waals surface area (Å²) in [5, 5.41) is 3.01. The van der Waals surface area contributed by atoms with E-state index in [4.69, 9.17) is 0 Å². The van der Waals surface area contributed by atoms with Crippen LogP contribution in [-0.4, -0.2) is 51.0 Å². The second-order valence-electron chi connectivity index (χ2n) is 4.69. The van der Waals surface area contributed by atoms with Gasteiger partial charge in [0.15, 0.2) is 0 Å². The fourth-order valence-electron chi connectivity index (χ4n) is 1.99. The van der Waals surface area contributed by atoms with Crippen LogP contribution in [0.25, 0.3) is 0 Å². The van der Waals surface area contributed by atoms with E-state index in [0.29, 0.717) is 18.9 Å². The molecule has 0 amide bonds. The molecule has 0 fully saturated rings. The van der Waals surface area contributed by atoms with Gasteiger partial charge in [0.1, 0.15) is 5.82 Å². The van der Waals surface area contributed by atoms with Crippen molar-refractivity contribution in [3.05, 3.63) is 18.3 Å². The molecule has 1 aromatic heterocycles. The molecule has 0 atom stereocenters. The third-order valence-corrected chi connectivity index (χ3v) is 4.70. The number of nitrogens with zero attached hydrogens (tertiary/aromatic N) is 2. The molecule has 1 rings (SSSR count). The lowest BCUT2D eigenvalue weighted by atomic mass is 10.4. The summed E-state index contributed by atoms with van der Waals surface area (Å²) in [4.78, 5) is 6.59. The van der Waals surface area contributed by atoms with Crippen LogP contribution in [0.15, 0.2) is 23.2 Å². The second kappa shape index (κ2) is 8.96. The second-order valence-corrected chi connectivity index (χ2v) is 6.45. The summed E-state index contributed by atoms with van der Waals surface area (Å²) in [5.74, 6) is 0.573. The van der Waals surface area contributed by atoms with E-state index in [9.17, 15) is 8.42 Å². The van der Waals surface area contributed by atoms with Gasteiger partial charge in [0.05, 0.1) is 4.90 Å². The molecule has 1 aromatic rings. The smallest absolute Gasteiger partial charge is 0.240 e. The van der Waals surface area contributed by atoms with Crippen molar-refractivity contribution >= 4 is 15.8 Å². The molecule has 0 aliphatic carbocycles. The van der Waals surface area contributed by atoms with Crippen molar-refractivity contribution in [2.45, 2.75) is 32.1 Å². The first-order chi connectivity index (χ1) is 10.0. The lowest BCUT2D eigenvalue weighted by molar-refractivity contribution is 0.300. The molecule has 0 saturated heterocycles. The minimum Gasteiger partial charge on any atom is -0.370 e. The molecule has 0 saturated carbocycles. The molecule has 21 heavy (non-hydrogen) atoms. The highest BCUT2D eigenvalue weighted by Crippen LogP contribution is 2.12. The molecule has 7 heteroatoms. The van der Waals surface area contributed by atoms with Crippen molar-refractivity contribution in [2.75, 3.05) is 38.0 Å². The molecule has 120 valence electrons. The lowest BCUT2D eigenvalue weighted by Crippen LogP contribution is -2.30. The summed E-state index contributed by atoms with van der Waals surface area (Å²) in [6.45, 7) is 10.2. The van der Waals surface area contributed by atoms with Crippen LogP contribution in [0, 0.1) is 0 Å². The van der Waals surface area contributed by atoms with Gasteiger partial charge in [-0.2, -0.15) is 0 Å². The molecule has 0 radical (unpaired) electrons. The van der Waals surface area contributed by atoms with Crippen molar-refractivity contribution < 1.29 is 8.42 Å². The van der Waals surface area contributed by atoms with Gasteiger partial charge < -0.3 is 10.2 Å². The van der Waals surface area contributed by atoms with Gasteiger partial charge in [0, 0.05) is 25.4 Å². The number of pyridine rings is 1. The number of anilines is 1. The molecule has 1 heterocycles. The molecule has 0 aliphatic heterocycles. The van der Waals surface area contributed by atoms with Gasteiger partial charge in [-0.25, -0.2) is 18.1 Å². The molecule has 0 unspecified atom stereocenters. The van der Waals surface area contributed by atoms with E-state index in [1.165, 1.54) is 12.3 Å². The van der Waals surface area contributed by atoms with Crippen LogP contribution in [0.5, 0.6) is 0 Å². The highest BCUT2D eigenvalue weighted by Gasteiger charge is 2.14. The number of sulfonamides is 1. The fourth-order valence-corrected chi connectivity index (χ4v) is 3.07. The Hall–Kier alpha value is -1.18. The summed E-state index contributed by atoms with van der Waals surface area (Å²) in [7, 11) is -3.46. The van der Waals surface area contributed by atoms with Crippen molar-refractivity contribution in [3.63, 3.8) is 0 Å². The van der Waals surface area contributed by atoms with Gasteiger partial charge in [0.25, 0.3) is 0 Å². The standard InChI is InChI=1S/C14H26N4O2S/c1-4-15-14-12-13(8-10-16-14)21(19,20)17-9-7-11-18(5-2)6-3/h8,10,12,17H,4-7,9,11H2,1-3H3,(H,15,16). The Labute approximate surface area is 128 Å². The van der Waals surface area contributed by atoms with Crippen LogP contribution >= 0.6 is 0 Å². The minimum absolute atomic E-state index is 0.247. The van der Waals surface area contributed by atoms with Crippen molar-refractivity contribution in [2.24, 2.45) is 0 Å². The van der Waals surface area contributed by atoms with E-state index in [1.54, 1.807) is 6.07 Å². The van der Waals surface area contributed by atoms with Gasteiger partial charge in [-0.15, -0.1) is 0 Å². The zero-order valence-corrected chi connectivity index (χ0v) is 13.9. The molecule has 0 bridgehead atoms. The molecule has 0 aromatic carbocycles. The zero-order valence-electron chi connectivity index (χ0n) is 13.1. The Kier molecular flexibility index (Phi) is 7.63. The summed E-state index contributed by atoms with van der Waals surface area (Å²) >= 11 is 0. The van der Waals surface area contributed by atoms with E-state index in [1.807, 2.05) is 6.92 Å². The number of aromatic nitrogens is 1. The average Bonchev–Trinajstić information content (AvgIpc) is 2.48. The van der Waals surface area contributed by atoms with E-state index >= 15 is 0 Å². The average molecular weight is 314 g/mol. The Balaban J connectivity index is 2.55. The van der Waals surface area contributed by atoms with Gasteiger partial charge in [-0.05, 0) is 39.0 Å². The van der Waals surface area contributed by atoms with E-state index in [0.717, 1.165) is 26.1 Å². The monoisotopic (exact) mass is 314 g/mol. The van der Waals surface area contributed by atoms with Gasteiger partial charge in [0.2, 0.25) is 10.0 Å². The fraction of sp³-hybridized carbons (Fsp3) is 0.643. The first kappa shape index (κ1) is 17.9. The molecule has 2 N–H and O–H groups in total. The highest BCUT2D eigenvalue weighted by molar-refractivity contribution is 7.89. The van der Waals surface area contributed by atoms with Gasteiger partial charge >= 0.3 is 0 Å². The highest BCUT2D eigenvalue weighted by atomic mass is 32.2. The number of rotatable bonds is 10. The maximum absolute atomic E-state index is 12.2. The first-order valence-corrected chi connectivity index (χ1v) is 8.93. The first-order valence-electron chi connectivity index (χ1n) is 7.45. The van der Waals surface area contributed by atoms with E-state index < -0.39 is 10.0 Å². The summed E-state index contributed by atoms with van der Waals surface area (Å²) in [6, 6.07) is 3.06. The number of nitrogens with one attached hydrogen (secondary N) is 2.